The molecule has 0 radical (unpaired) electrons. The monoisotopic (exact) mass is 272 g/mol. The molecular weight excluding hydrogens is 248 g/mol. The van der Waals surface area contributed by atoms with Crippen LogP contribution in [-0.2, 0) is 0 Å². The molecule has 0 atom stereocenters. The molecule has 4 nitrogen and oxygen atoms in total. The van der Waals surface area contributed by atoms with E-state index in [0.29, 0.717) is 6.04 Å². The van der Waals surface area contributed by atoms with Crippen LogP contribution in [0.5, 0.6) is 0 Å². The molecule has 1 aromatic heterocycles. The van der Waals surface area contributed by atoms with Gasteiger partial charge in [0.15, 0.2) is 0 Å². The highest BCUT2D eigenvalue weighted by atomic mass is 14.9. The molecule has 108 valence electrons. The predicted molar refractivity (Wildman–Crippen MR) is 83.7 cm³/mol. The van der Waals surface area contributed by atoms with E-state index in [1.165, 1.54) is 25.5 Å². The summed E-state index contributed by atoms with van der Waals surface area (Å²) in [5, 5.41) is 11.0. The van der Waals surface area contributed by atoms with E-state index in [1.54, 1.807) is 6.20 Å². The molecule has 0 aromatic carbocycles. The van der Waals surface area contributed by atoms with Crippen LogP contribution >= 0.6 is 0 Å². The van der Waals surface area contributed by atoms with Gasteiger partial charge in [0.1, 0.15) is 0 Å². The molecule has 1 fully saturated rings. The van der Waals surface area contributed by atoms with Crippen molar-refractivity contribution in [1.82, 2.24) is 10.3 Å². The average Bonchev–Trinajstić information content (AvgIpc) is 2.42. The second-order valence-corrected chi connectivity index (χ2v) is 5.54. The highest BCUT2D eigenvalue weighted by Gasteiger charge is 2.27. The molecule has 1 aliphatic carbocycles. The number of nitrogens with one attached hydrogen (secondary N) is 2. The van der Waals surface area contributed by atoms with E-state index in [2.05, 4.69) is 10.3 Å². The van der Waals surface area contributed by atoms with Gasteiger partial charge in [-0.1, -0.05) is 6.07 Å². The van der Waals surface area contributed by atoms with Crippen LogP contribution in [0, 0.1) is 18.3 Å². The van der Waals surface area contributed by atoms with Gasteiger partial charge in [-0.15, -0.1) is 0 Å². The Morgan fingerprint density at radius 3 is 3.00 bits per heavy atom. The first kappa shape index (κ1) is 14.7. The van der Waals surface area contributed by atoms with Crippen molar-refractivity contribution in [2.45, 2.75) is 38.6 Å². The maximum absolute atomic E-state index is 7.56. The summed E-state index contributed by atoms with van der Waals surface area (Å²) in [5.41, 5.74) is 8.35. The first-order valence-corrected chi connectivity index (χ1v) is 7.33. The van der Waals surface area contributed by atoms with E-state index in [0.717, 1.165) is 35.7 Å². The second kappa shape index (κ2) is 7.20. The third kappa shape index (κ3) is 3.67. The lowest BCUT2D eigenvalue weighted by Crippen LogP contribution is -2.38. The van der Waals surface area contributed by atoms with Crippen LogP contribution < -0.4 is 11.1 Å². The lowest BCUT2D eigenvalue weighted by Gasteiger charge is -2.35. The molecule has 1 heterocycles. The molecule has 0 aliphatic heterocycles. The highest BCUT2D eigenvalue weighted by Crippen LogP contribution is 2.31. The molecule has 0 unspecified atom stereocenters. The number of aromatic nitrogens is 1. The van der Waals surface area contributed by atoms with Crippen LogP contribution in [0.25, 0.3) is 5.57 Å². The van der Waals surface area contributed by atoms with Gasteiger partial charge in [0, 0.05) is 30.2 Å². The Morgan fingerprint density at radius 2 is 2.35 bits per heavy atom. The molecule has 20 heavy (non-hydrogen) atoms. The first-order valence-electron chi connectivity index (χ1n) is 7.33. The van der Waals surface area contributed by atoms with Gasteiger partial charge in [0.05, 0.1) is 5.69 Å². The average molecular weight is 272 g/mol. The summed E-state index contributed by atoms with van der Waals surface area (Å²) in [7, 11) is 0. The maximum Gasteiger partial charge on any atom is 0.0760 e. The zero-order valence-electron chi connectivity index (χ0n) is 12.1. The van der Waals surface area contributed by atoms with Gasteiger partial charge in [-0.3, -0.25) is 4.98 Å². The summed E-state index contributed by atoms with van der Waals surface area (Å²) in [5.74, 6) is 0.824. The summed E-state index contributed by atoms with van der Waals surface area (Å²) < 4.78 is 0. The molecule has 1 aromatic rings. The van der Waals surface area contributed by atoms with Crippen molar-refractivity contribution >= 4 is 11.8 Å². The normalized spacial score (nSPS) is 22.2. The number of hydrogen-bond donors (Lipinski definition) is 3. The van der Waals surface area contributed by atoms with E-state index in [-0.39, 0.29) is 0 Å². The third-order valence-corrected chi connectivity index (χ3v) is 3.97. The smallest absolute Gasteiger partial charge is 0.0760 e. The van der Waals surface area contributed by atoms with Crippen LogP contribution in [0.4, 0.5) is 0 Å². The number of rotatable bonds is 7. The third-order valence-electron chi connectivity index (χ3n) is 3.97. The highest BCUT2D eigenvalue weighted by molar-refractivity contribution is 6.07. The molecule has 1 aliphatic rings. The molecule has 2 rings (SSSR count). The zero-order valence-corrected chi connectivity index (χ0v) is 12.1. The Morgan fingerprint density at radius 1 is 1.55 bits per heavy atom. The van der Waals surface area contributed by atoms with Gasteiger partial charge in [-0.25, -0.2) is 0 Å². The number of nitrogens with zero attached hydrogens (tertiary/aromatic N) is 1. The zero-order chi connectivity index (χ0) is 14.4. The van der Waals surface area contributed by atoms with E-state index >= 15 is 0 Å². The minimum absolute atomic E-state index is 0.539. The van der Waals surface area contributed by atoms with Gasteiger partial charge in [0.25, 0.3) is 0 Å². The second-order valence-electron chi connectivity index (χ2n) is 5.54. The van der Waals surface area contributed by atoms with Crippen molar-refractivity contribution in [3.63, 3.8) is 0 Å². The lowest BCUT2D eigenvalue weighted by molar-refractivity contribution is 0.223. The summed E-state index contributed by atoms with van der Waals surface area (Å²) in [6.07, 6.45) is 9.87. The van der Waals surface area contributed by atoms with Gasteiger partial charge in [0.2, 0.25) is 0 Å². The molecular formula is C16H24N4. The minimum Gasteiger partial charge on any atom is -0.388 e. The summed E-state index contributed by atoms with van der Waals surface area (Å²) >= 11 is 0. The quantitative estimate of drug-likeness (QED) is 0.668. The van der Waals surface area contributed by atoms with E-state index in [1.807, 2.05) is 25.3 Å². The molecule has 1 saturated carbocycles. The Bertz CT molecular complexity index is 475. The number of pyridine rings is 1. The largest absolute Gasteiger partial charge is 0.388 e. The van der Waals surface area contributed by atoms with Gasteiger partial charge in [-0.05, 0) is 56.7 Å². The van der Waals surface area contributed by atoms with Crippen molar-refractivity contribution in [3.05, 3.63) is 35.8 Å². The number of allylic oxidation sites excluding steroid dienone is 1. The van der Waals surface area contributed by atoms with Crippen molar-refractivity contribution in [3.8, 4) is 0 Å². The van der Waals surface area contributed by atoms with Crippen molar-refractivity contribution in [1.29, 1.82) is 5.41 Å². The van der Waals surface area contributed by atoms with Crippen molar-refractivity contribution < 1.29 is 0 Å². The molecule has 0 spiro atoms. The molecule has 0 amide bonds. The van der Waals surface area contributed by atoms with Crippen molar-refractivity contribution in [2.75, 3.05) is 6.54 Å². The van der Waals surface area contributed by atoms with Gasteiger partial charge >= 0.3 is 0 Å². The van der Waals surface area contributed by atoms with Crippen LogP contribution in [0.3, 0.4) is 0 Å². The summed E-state index contributed by atoms with van der Waals surface area (Å²) in [6.45, 7) is 2.82. The fraction of sp³-hybridized carbons (Fsp3) is 0.500. The Labute approximate surface area is 121 Å². The summed E-state index contributed by atoms with van der Waals surface area (Å²) in [4.78, 5) is 4.35. The first-order chi connectivity index (χ1) is 9.74. The fourth-order valence-electron chi connectivity index (χ4n) is 2.69. The molecule has 4 heteroatoms. The minimum atomic E-state index is 0.539. The maximum atomic E-state index is 7.56. The molecule has 0 saturated heterocycles. The lowest BCUT2D eigenvalue weighted by atomic mass is 9.77. The van der Waals surface area contributed by atoms with E-state index in [4.69, 9.17) is 11.1 Å². The molecule has 0 bridgehead atoms. The summed E-state index contributed by atoms with van der Waals surface area (Å²) in [6, 6.07) is 4.48. The van der Waals surface area contributed by atoms with Crippen LogP contribution in [0.2, 0.25) is 0 Å². The van der Waals surface area contributed by atoms with Gasteiger partial charge < -0.3 is 16.5 Å². The standard InChI is InChI=1S/C16H24N4/c1-12-4-3-7-19-16(12)14(10-18)11-20-15-8-13(9-15)5-2-6-17/h3-4,7,10-11,13,15,18,20H,2,5-6,8-9,17H2,1H3/b14-11+,18-10?. The topological polar surface area (TPSA) is 74.8 Å². The Balaban J connectivity index is 1.88. The Hall–Kier alpha value is -1.68. The molecule has 4 N–H and O–H groups in total. The number of hydrogen-bond acceptors (Lipinski definition) is 4. The Kier molecular flexibility index (Phi) is 5.30. The van der Waals surface area contributed by atoms with Gasteiger partial charge in [-0.2, -0.15) is 0 Å². The SMILES string of the molecule is Cc1cccnc1/C(C=N)=C/NC1CC(CCCN)C1. The van der Waals surface area contributed by atoms with E-state index in [9.17, 15) is 0 Å². The fourth-order valence-corrected chi connectivity index (χ4v) is 2.69. The predicted octanol–water partition coefficient (Wildman–Crippen LogP) is 2.49. The van der Waals surface area contributed by atoms with E-state index < -0.39 is 0 Å². The van der Waals surface area contributed by atoms with Crippen LogP contribution in [0.1, 0.15) is 36.9 Å². The van der Waals surface area contributed by atoms with Crippen LogP contribution in [-0.4, -0.2) is 23.8 Å². The van der Waals surface area contributed by atoms with Crippen LogP contribution in [0.15, 0.2) is 24.5 Å². The number of nitrogens with two attached hydrogens (primary N) is 1. The van der Waals surface area contributed by atoms with Crippen molar-refractivity contribution in [2.24, 2.45) is 11.7 Å². The number of aryl methyl sites for hydroxylation is 1.